The van der Waals surface area contributed by atoms with E-state index < -0.39 is 0 Å². The van der Waals surface area contributed by atoms with Gasteiger partial charge in [-0.3, -0.25) is 4.79 Å². The van der Waals surface area contributed by atoms with Gasteiger partial charge in [-0.25, -0.2) is 4.98 Å². The summed E-state index contributed by atoms with van der Waals surface area (Å²) in [4.78, 5) is 14.1. The van der Waals surface area contributed by atoms with Gasteiger partial charge in [0, 0.05) is 0 Å². The summed E-state index contributed by atoms with van der Waals surface area (Å²) in [5.74, 6) is 0.257. The molecule has 0 atom stereocenters. The SMILES string of the molecule is CC.COc1nc(Cl)ccc1C=O. The summed E-state index contributed by atoms with van der Waals surface area (Å²) in [6, 6.07) is 3.09. The maximum absolute atomic E-state index is 10.3. The molecule has 1 heterocycles. The van der Waals surface area contributed by atoms with Crippen molar-refractivity contribution >= 4 is 17.9 Å². The maximum atomic E-state index is 10.3. The monoisotopic (exact) mass is 201 g/mol. The summed E-state index contributed by atoms with van der Waals surface area (Å²) in [5, 5.41) is 0.312. The highest BCUT2D eigenvalue weighted by atomic mass is 35.5. The number of ether oxygens (including phenoxy) is 1. The zero-order valence-electron chi connectivity index (χ0n) is 7.87. The van der Waals surface area contributed by atoms with Crippen LogP contribution in [0.2, 0.25) is 5.15 Å². The first-order valence-corrected chi connectivity index (χ1v) is 4.31. The summed E-state index contributed by atoms with van der Waals surface area (Å²) < 4.78 is 4.79. The maximum Gasteiger partial charge on any atom is 0.225 e. The predicted octanol–water partition coefficient (Wildman–Crippen LogP) is 2.58. The molecular formula is C9H12ClNO2. The van der Waals surface area contributed by atoms with Gasteiger partial charge >= 0.3 is 0 Å². The molecule has 0 aliphatic heterocycles. The van der Waals surface area contributed by atoms with Gasteiger partial charge < -0.3 is 4.74 Å². The molecule has 0 aliphatic carbocycles. The molecule has 0 aromatic carbocycles. The van der Waals surface area contributed by atoms with E-state index in [1.54, 1.807) is 6.07 Å². The van der Waals surface area contributed by atoms with E-state index in [9.17, 15) is 4.79 Å². The zero-order valence-corrected chi connectivity index (χ0v) is 8.63. The summed E-state index contributed by atoms with van der Waals surface area (Å²) >= 11 is 5.55. The Balaban J connectivity index is 0.000000671. The number of hydrogen-bond donors (Lipinski definition) is 0. The Hall–Kier alpha value is -1.09. The zero-order chi connectivity index (χ0) is 10.3. The smallest absolute Gasteiger partial charge is 0.225 e. The number of carbonyl (C=O) groups excluding carboxylic acids is 1. The van der Waals surface area contributed by atoms with Gasteiger partial charge in [0.25, 0.3) is 0 Å². The van der Waals surface area contributed by atoms with E-state index in [0.29, 0.717) is 17.0 Å². The van der Waals surface area contributed by atoms with Crippen LogP contribution in [0.5, 0.6) is 5.88 Å². The van der Waals surface area contributed by atoms with Crippen LogP contribution >= 0.6 is 11.6 Å². The average molecular weight is 202 g/mol. The van der Waals surface area contributed by atoms with Crippen molar-refractivity contribution in [1.82, 2.24) is 4.98 Å². The number of hydrogen-bond acceptors (Lipinski definition) is 3. The second-order valence-electron chi connectivity index (χ2n) is 1.85. The molecule has 0 N–H and O–H groups in total. The first kappa shape index (κ1) is 11.9. The van der Waals surface area contributed by atoms with Gasteiger partial charge in [-0.15, -0.1) is 0 Å². The molecule has 1 aromatic heterocycles. The number of aromatic nitrogens is 1. The van der Waals surface area contributed by atoms with Crippen LogP contribution in [0.4, 0.5) is 0 Å². The Morgan fingerprint density at radius 3 is 2.54 bits per heavy atom. The normalized spacial score (nSPS) is 8.31. The van der Waals surface area contributed by atoms with Crippen molar-refractivity contribution in [2.24, 2.45) is 0 Å². The van der Waals surface area contributed by atoms with Gasteiger partial charge in [0.15, 0.2) is 6.29 Å². The molecule has 4 heteroatoms. The number of aldehydes is 1. The first-order chi connectivity index (χ1) is 6.27. The van der Waals surface area contributed by atoms with Crippen molar-refractivity contribution in [3.63, 3.8) is 0 Å². The van der Waals surface area contributed by atoms with Crippen molar-refractivity contribution in [3.8, 4) is 5.88 Å². The van der Waals surface area contributed by atoms with E-state index >= 15 is 0 Å². The van der Waals surface area contributed by atoms with E-state index in [-0.39, 0.29) is 5.88 Å². The van der Waals surface area contributed by atoms with Crippen molar-refractivity contribution in [3.05, 3.63) is 22.8 Å². The average Bonchev–Trinajstić information content (AvgIpc) is 2.20. The Labute approximate surface area is 82.7 Å². The minimum absolute atomic E-state index is 0.257. The molecule has 1 rings (SSSR count). The molecule has 0 saturated heterocycles. The van der Waals surface area contributed by atoms with Crippen LogP contribution < -0.4 is 4.74 Å². The number of pyridine rings is 1. The summed E-state index contributed by atoms with van der Waals surface area (Å²) in [6.07, 6.45) is 0.669. The number of nitrogens with zero attached hydrogens (tertiary/aromatic N) is 1. The minimum atomic E-state index is 0.257. The van der Waals surface area contributed by atoms with Crippen LogP contribution in [-0.2, 0) is 0 Å². The molecule has 0 radical (unpaired) electrons. The minimum Gasteiger partial charge on any atom is -0.480 e. The van der Waals surface area contributed by atoms with Gasteiger partial charge in [0.05, 0.1) is 12.7 Å². The molecule has 1 aromatic rings. The third-order valence-electron chi connectivity index (χ3n) is 1.18. The Bertz CT molecular complexity index is 276. The lowest BCUT2D eigenvalue weighted by Gasteiger charge is -2.00. The van der Waals surface area contributed by atoms with E-state index in [4.69, 9.17) is 16.3 Å². The molecule has 0 amide bonds. The van der Waals surface area contributed by atoms with Gasteiger partial charge in [0.1, 0.15) is 5.15 Å². The lowest BCUT2D eigenvalue weighted by Crippen LogP contribution is -1.93. The van der Waals surface area contributed by atoms with Crippen LogP contribution in [0.15, 0.2) is 12.1 Å². The Kier molecular flexibility index (Phi) is 5.89. The lowest BCUT2D eigenvalue weighted by molar-refractivity contribution is 0.112. The van der Waals surface area contributed by atoms with E-state index in [1.165, 1.54) is 13.2 Å². The standard InChI is InChI=1S/C7H6ClNO2.C2H6/c1-11-7-5(4-10)2-3-6(8)9-7;1-2/h2-4H,1H3;1-2H3. The van der Waals surface area contributed by atoms with E-state index in [1.807, 2.05) is 13.8 Å². The van der Waals surface area contributed by atoms with Crippen molar-refractivity contribution in [2.75, 3.05) is 7.11 Å². The third-order valence-corrected chi connectivity index (χ3v) is 1.39. The molecule has 13 heavy (non-hydrogen) atoms. The van der Waals surface area contributed by atoms with Crippen LogP contribution in [0.3, 0.4) is 0 Å². The highest BCUT2D eigenvalue weighted by Gasteiger charge is 2.02. The number of halogens is 1. The van der Waals surface area contributed by atoms with Crippen molar-refractivity contribution < 1.29 is 9.53 Å². The summed E-state index contributed by atoms with van der Waals surface area (Å²) in [6.45, 7) is 4.00. The second kappa shape index (κ2) is 6.43. The van der Waals surface area contributed by atoms with Crippen molar-refractivity contribution in [1.29, 1.82) is 0 Å². The first-order valence-electron chi connectivity index (χ1n) is 3.93. The number of methoxy groups -OCH3 is 1. The van der Waals surface area contributed by atoms with Crippen LogP contribution in [0, 0.1) is 0 Å². The summed E-state index contributed by atoms with van der Waals surface area (Å²) in [7, 11) is 1.44. The fourth-order valence-electron chi connectivity index (χ4n) is 0.682. The largest absolute Gasteiger partial charge is 0.480 e. The molecule has 3 nitrogen and oxygen atoms in total. The Morgan fingerprint density at radius 2 is 2.08 bits per heavy atom. The summed E-state index contributed by atoms with van der Waals surface area (Å²) in [5.41, 5.74) is 0.400. The highest BCUT2D eigenvalue weighted by Crippen LogP contribution is 2.15. The topological polar surface area (TPSA) is 39.2 Å². The number of rotatable bonds is 2. The van der Waals surface area contributed by atoms with Crippen molar-refractivity contribution in [2.45, 2.75) is 13.8 Å². The fourth-order valence-corrected chi connectivity index (χ4v) is 0.822. The number of carbonyl (C=O) groups is 1. The van der Waals surface area contributed by atoms with E-state index in [2.05, 4.69) is 4.98 Å². The quantitative estimate of drug-likeness (QED) is 0.546. The van der Waals surface area contributed by atoms with Crippen LogP contribution in [-0.4, -0.2) is 18.4 Å². The van der Waals surface area contributed by atoms with Gasteiger partial charge in [-0.05, 0) is 12.1 Å². The lowest BCUT2D eigenvalue weighted by atomic mass is 10.3. The van der Waals surface area contributed by atoms with Gasteiger partial charge in [0.2, 0.25) is 5.88 Å². The molecular weight excluding hydrogens is 190 g/mol. The fraction of sp³-hybridized carbons (Fsp3) is 0.333. The molecule has 72 valence electrons. The van der Waals surface area contributed by atoms with Crippen LogP contribution in [0.25, 0.3) is 0 Å². The highest BCUT2D eigenvalue weighted by molar-refractivity contribution is 6.29. The van der Waals surface area contributed by atoms with Crippen LogP contribution in [0.1, 0.15) is 24.2 Å². The van der Waals surface area contributed by atoms with E-state index in [0.717, 1.165) is 0 Å². The molecule has 0 spiro atoms. The molecule has 0 unspecified atom stereocenters. The molecule has 0 saturated carbocycles. The molecule has 0 fully saturated rings. The Morgan fingerprint density at radius 1 is 1.46 bits per heavy atom. The molecule has 0 aliphatic rings. The third kappa shape index (κ3) is 3.42. The molecule has 0 bridgehead atoms. The van der Waals surface area contributed by atoms with Gasteiger partial charge in [-0.1, -0.05) is 25.4 Å². The predicted molar refractivity (Wildman–Crippen MR) is 52.5 cm³/mol. The second-order valence-corrected chi connectivity index (χ2v) is 2.24. The van der Waals surface area contributed by atoms with Gasteiger partial charge in [-0.2, -0.15) is 0 Å².